The number of hydrogen-bond acceptors (Lipinski definition) is 5. The Morgan fingerprint density at radius 3 is 2.08 bits per heavy atom. The van der Waals surface area contributed by atoms with Gasteiger partial charge in [0, 0.05) is 17.6 Å². The number of nitrogens with zero attached hydrogens (tertiary/aromatic N) is 3. The second kappa shape index (κ2) is 8.04. The maximum atomic E-state index is 12.7. The van der Waals surface area contributed by atoms with Gasteiger partial charge in [-0.2, -0.15) is 0 Å². The Hall–Kier alpha value is -1.82. The zero-order valence-corrected chi connectivity index (χ0v) is 16.8. The van der Waals surface area contributed by atoms with Crippen LogP contribution < -0.4 is 0 Å². The summed E-state index contributed by atoms with van der Waals surface area (Å²) in [5, 5.41) is 8.37. The molecule has 2 aromatic rings. The number of thioether (sulfide) groups is 1. The summed E-state index contributed by atoms with van der Waals surface area (Å²) in [7, 11) is 0. The Morgan fingerprint density at radius 1 is 1.00 bits per heavy atom. The second-order valence-electron chi connectivity index (χ2n) is 6.94. The van der Waals surface area contributed by atoms with E-state index >= 15 is 0 Å². The molecule has 1 amide bonds. The van der Waals surface area contributed by atoms with E-state index in [9.17, 15) is 4.79 Å². The van der Waals surface area contributed by atoms with Gasteiger partial charge in [-0.25, -0.2) is 0 Å². The first kappa shape index (κ1) is 19.5. The zero-order valence-electron chi connectivity index (χ0n) is 16.0. The molecule has 0 radical (unpaired) electrons. The van der Waals surface area contributed by atoms with Crippen LogP contribution in [0.15, 0.2) is 27.8 Å². The van der Waals surface area contributed by atoms with Gasteiger partial charge < -0.3 is 9.32 Å². The van der Waals surface area contributed by atoms with Crippen molar-refractivity contribution in [1.82, 2.24) is 15.1 Å². The summed E-state index contributed by atoms with van der Waals surface area (Å²) in [6.07, 6.45) is 0. The van der Waals surface area contributed by atoms with Crippen molar-refractivity contribution < 1.29 is 9.21 Å². The predicted molar refractivity (Wildman–Crippen MR) is 102 cm³/mol. The molecule has 1 heterocycles. The minimum Gasteiger partial charge on any atom is -0.411 e. The van der Waals surface area contributed by atoms with Crippen LogP contribution in [0.3, 0.4) is 0 Å². The van der Waals surface area contributed by atoms with E-state index in [1.54, 1.807) is 0 Å². The van der Waals surface area contributed by atoms with E-state index in [-0.39, 0.29) is 23.2 Å². The molecular formula is C19H27N3O2S. The molecule has 0 fully saturated rings. The number of rotatable bonds is 6. The third kappa shape index (κ3) is 4.84. The lowest BCUT2D eigenvalue weighted by atomic mass is 10.1. The molecule has 0 bridgehead atoms. The van der Waals surface area contributed by atoms with Crippen LogP contribution in [-0.4, -0.2) is 38.3 Å². The highest BCUT2D eigenvalue weighted by atomic mass is 32.2. The molecule has 2 rings (SSSR count). The number of amides is 1. The highest BCUT2D eigenvalue weighted by Gasteiger charge is 2.27. The molecule has 1 atom stereocenters. The van der Waals surface area contributed by atoms with Crippen molar-refractivity contribution >= 4 is 17.7 Å². The third-order valence-corrected chi connectivity index (χ3v) is 4.79. The van der Waals surface area contributed by atoms with Crippen molar-refractivity contribution in [3.63, 3.8) is 0 Å². The van der Waals surface area contributed by atoms with E-state index in [1.807, 2.05) is 65.5 Å². The Labute approximate surface area is 154 Å². The molecule has 6 heteroatoms. The van der Waals surface area contributed by atoms with Crippen LogP contribution in [0.25, 0.3) is 11.5 Å². The lowest BCUT2D eigenvalue weighted by Crippen LogP contribution is -2.45. The van der Waals surface area contributed by atoms with Gasteiger partial charge in [0.25, 0.3) is 5.22 Å². The smallest absolute Gasteiger partial charge is 0.277 e. The van der Waals surface area contributed by atoms with Gasteiger partial charge in [-0.15, -0.1) is 10.2 Å². The Bertz CT molecular complexity index is 712. The van der Waals surface area contributed by atoms with Gasteiger partial charge in [-0.05, 0) is 60.6 Å². The SMILES string of the molecule is Cc1cc(C)cc(-c2nnc(SC(C)C(=O)N(C(C)C)C(C)C)o2)c1. The lowest BCUT2D eigenvalue weighted by Gasteiger charge is -2.32. The van der Waals surface area contributed by atoms with Crippen molar-refractivity contribution in [2.24, 2.45) is 0 Å². The molecule has 0 aliphatic carbocycles. The summed E-state index contributed by atoms with van der Waals surface area (Å²) in [6.45, 7) is 14.1. The van der Waals surface area contributed by atoms with Crippen molar-refractivity contribution in [2.75, 3.05) is 0 Å². The molecule has 0 aliphatic rings. The second-order valence-corrected chi connectivity index (χ2v) is 8.23. The van der Waals surface area contributed by atoms with Gasteiger partial charge in [0.05, 0.1) is 5.25 Å². The molecule has 1 aromatic carbocycles. The summed E-state index contributed by atoms with van der Waals surface area (Å²) in [5.41, 5.74) is 3.20. The number of benzene rings is 1. The van der Waals surface area contributed by atoms with Crippen LogP contribution in [-0.2, 0) is 4.79 Å². The quantitative estimate of drug-likeness (QED) is 0.710. The van der Waals surface area contributed by atoms with E-state index in [4.69, 9.17) is 4.42 Å². The first-order valence-corrected chi connectivity index (χ1v) is 9.48. The summed E-state index contributed by atoms with van der Waals surface area (Å²) in [4.78, 5) is 14.6. The first-order chi connectivity index (χ1) is 11.7. The van der Waals surface area contributed by atoms with Crippen LogP contribution in [0, 0.1) is 13.8 Å². The monoisotopic (exact) mass is 361 g/mol. The Kier molecular flexibility index (Phi) is 6.27. The fourth-order valence-corrected chi connectivity index (χ4v) is 3.73. The van der Waals surface area contributed by atoms with E-state index < -0.39 is 0 Å². The molecule has 0 N–H and O–H groups in total. The first-order valence-electron chi connectivity index (χ1n) is 8.60. The van der Waals surface area contributed by atoms with Gasteiger partial charge in [0.15, 0.2) is 0 Å². The summed E-state index contributed by atoms with van der Waals surface area (Å²) in [5.74, 6) is 0.569. The van der Waals surface area contributed by atoms with Crippen molar-refractivity contribution in [3.05, 3.63) is 29.3 Å². The zero-order chi connectivity index (χ0) is 18.7. The maximum Gasteiger partial charge on any atom is 0.277 e. The molecule has 0 aliphatic heterocycles. The fraction of sp³-hybridized carbons (Fsp3) is 0.526. The summed E-state index contributed by atoms with van der Waals surface area (Å²) in [6, 6.07) is 6.45. The minimum atomic E-state index is -0.280. The topological polar surface area (TPSA) is 59.2 Å². The number of carbonyl (C=O) groups is 1. The number of aromatic nitrogens is 2. The van der Waals surface area contributed by atoms with Crippen molar-refractivity contribution in [3.8, 4) is 11.5 Å². The van der Waals surface area contributed by atoms with Crippen LogP contribution in [0.5, 0.6) is 0 Å². The van der Waals surface area contributed by atoms with Crippen molar-refractivity contribution in [2.45, 2.75) is 71.0 Å². The molecule has 1 aromatic heterocycles. The van der Waals surface area contributed by atoms with Crippen LogP contribution >= 0.6 is 11.8 Å². The van der Waals surface area contributed by atoms with Gasteiger partial charge in [-0.3, -0.25) is 4.79 Å². The van der Waals surface area contributed by atoms with Crippen molar-refractivity contribution in [1.29, 1.82) is 0 Å². The summed E-state index contributed by atoms with van der Waals surface area (Å²) < 4.78 is 5.77. The fourth-order valence-electron chi connectivity index (χ4n) is 2.99. The third-order valence-electron chi connectivity index (χ3n) is 3.87. The molecule has 1 unspecified atom stereocenters. The van der Waals surface area contributed by atoms with E-state index in [1.165, 1.54) is 11.8 Å². The Balaban J connectivity index is 2.13. The van der Waals surface area contributed by atoms with E-state index in [0.29, 0.717) is 11.1 Å². The maximum absolute atomic E-state index is 12.7. The average molecular weight is 362 g/mol. The van der Waals surface area contributed by atoms with Gasteiger partial charge in [0.2, 0.25) is 11.8 Å². The van der Waals surface area contributed by atoms with E-state index in [0.717, 1.165) is 16.7 Å². The molecule has 25 heavy (non-hydrogen) atoms. The highest BCUT2D eigenvalue weighted by Crippen LogP contribution is 2.28. The molecule has 0 saturated heterocycles. The molecule has 5 nitrogen and oxygen atoms in total. The number of hydrogen-bond donors (Lipinski definition) is 0. The largest absolute Gasteiger partial charge is 0.411 e. The predicted octanol–water partition coefficient (Wildman–Crippen LogP) is 4.48. The van der Waals surface area contributed by atoms with E-state index in [2.05, 4.69) is 16.3 Å². The lowest BCUT2D eigenvalue weighted by molar-refractivity contribution is -0.133. The van der Waals surface area contributed by atoms with Crippen LogP contribution in [0.2, 0.25) is 0 Å². The van der Waals surface area contributed by atoms with Gasteiger partial charge >= 0.3 is 0 Å². The number of aryl methyl sites for hydroxylation is 2. The standard InChI is InChI=1S/C19H27N3O2S/c1-11(2)22(12(3)4)18(23)15(7)25-19-21-20-17(24-19)16-9-13(5)8-14(6)10-16/h8-12,15H,1-7H3. The minimum absolute atomic E-state index is 0.0844. The number of carbonyl (C=O) groups excluding carboxylic acids is 1. The average Bonchev–Trinajstić information content (AvgIpc) is 2.93. The summed E-state index contributed by atoms with van der Waals surface area (Å²) >= 11 is 1.31. The molecule has 0 spiro atoms. The molecule has 0 saturated carbocycles. The molecular weight excluding hydrogens is 334 g/mol. The van der Waals surface area contributed by atoms with Crippen LogP contribution in [0.1, 0.15) is 45.7 Å². The normalized spacial score (nSPS) is 12.7. The molecule has 136 valence electrons. The highest BCUT2D eigenvalue weighted by molar-refractivity contribution is 8.00. The van der Waals surface area contributed by atoms with Crippen LogP contribution in [0.4, 0.5) is 0 Å². The van der Waals surface area contributed by atoms with Gasteiger partial charge in [-0.1, -0.05) is 29.0 Å². The Morgan fingerprint density at radius 2 is 1.56 bits per heavy atom. The van der Waals surface area contributed by atoms with Gasteiger partial charge in [0.1, 0.15) is 0 Å².